The predicted molar refractivity (Wildman–Crippen MR) is 46.0 cm³/mol. The van der Waals surface area contributed by atoms with Crippen LogP contribution in [0.3, 0.4) is 0 Å². The van der Waals surface area contributed by atoms with Gasteiger partial charge in [-0.15, -0.1) is 0 Å². The third kappa shape index (κ3) is 1.69. The maximum absolute atomic E-state index is 11.0. The van der Waals surface area contributed by atoms with Crippen molar-refractivity contribution in [3.63, 3.8) is 0 Å². The van der Waals surface area contributed by atoms with Crippen LogP contribution in [0.2, 0.25) is 0 Å². The molecule has 0 bridgehead atoms. The van der Waals surface area contributed by atoms with Gasteiger partial charge in [0.05, 0.1) is 11.6 Å². The van der Waals surface area contributed by atoms with Gasteiger partial charge >= 0.3 is 6.03 Å². The van der Waals surface area contributed by atoms with Crippen LogP contribution < -0.4 is 10.6 Å². The highest BCUT2D eigenvalue weighted by atomic mass is 16.5. The highest BCUT2D eigenvalue weighted by Gasteiger charge is 2.37. The number of nitrogens with one attached hydrogen (secondary N) is 2. The van der Waals surface area contributed by atoms with Crippen molar-refractivity contribution in [2.75, 3.05) is 13.7 Å². The molecule has 2 unspecified atom stereocenters. The van der Waals surface area contributed by atoms with Crippen molar-refractivity contribution in [2.24, 2.45) is 0 Å². The molecule has 0 aliphatic carbocycles. The third-order valence-electron chi connectivity index (χ3n) is 2.51. The molecule has 1 aliphatic rings. The van der Waals surface area contributed by atoms with E-state index < -0.39 is 0 Å². The first kappa shape index (κ1) is 9.32. The van der Waals surface area contributed by atoms with Gasteiger partial charge in [-0.05, 0) is 20.3 Å². The van der Waals surface area contributed by atoms with E-state index >= 15 is 0 Å². The van der Waals surface area contributed by atoms with Crippen molar-refractivity contribution in [1.29, 1.82) is 0 Å². The van der Waals surface area contributed by atoms with Crippen LogP contribution in [0.4, 0.5) is 4.79 Å². The molecule has 1 heterocycles. The van der Waals surface area contributed by atoms with Crippen LogP contribution in [0.1, 0.15) is 20.3 Å². The topological polar surface area (TPSA) is 50.4 Å². The Morgan fingerprint density at radius 2 is 2.33 bits per heavy atom. The van der Waals surface area contributed by atoms with E-state index in [4.69, 9.17) is 4.74 Å². The fourth-order valence-corrected chi connectivity index (χ4v) is 1.32. The van der Waals surface area contributed by atoms with Gasteiger partial charge < -0.3 is 15.4 Å². The van der Waals surface area contributed by atoms with Gasteiger partial charge in [0.25, 0.3) is 0 Å². The molecule has 2 N–H and O–H groups in total. The minimum atomic E-state index is -0.208. The molecule has 4 heteroatoms. The first-order chi connectivity index (χ1) is 5.58. The van der Waals surface area contributed by atoms with E-state index in [1.165, 1.54) is 0 Å². The number of hydrogen-bond acceptors (Lipinski definition) is 2. The normalized spacial score (nSPS) is 34.8. The van der Waals surface area contributed by atoms with E-state index in [0.29, 0.717) is 0 Å². The number of carbonyl (C=O) groups excluding carboxylic acids is 1. The van der Waals surface area contributed by atoms with Gasteiger partial charge in [-0.2, -0.15) is 0 Å². The van der Waals surface area contributed by atoms with Gasteiger partial charge in [0.2, 0.25) is 0 Å². The first-order valence-electron chi connectivity index (χ1n) is 4.20. The summed E-state index contributed by atoms with van der Waals surface area (Å²) in [5, 5.41) is 5.41. The molecule has 4 nitrogen and oxygen atoms in total. The molecule has 0 spiro atoms. The van der Waals surface area contributed by atoms with Crippen molar-refractivity contribution < 1.29 is 9.53 Å². The summed E-state index contributed by atoms with van der Waals surface area (Å²) in [6, 6.07) is -0.144. The first-order valence-corrected chi connectivity index (χ1v) is 4.20. The highest BCUT2D eigenvalue weighted by molar-refractivity contribution is 5.74. The van der Waals surface area contributed by atoms with Gasteiger partial charge in [0.1, 0.15) is 0 Å². The molecule has 2 amide bonds. The van der Waals surface area contributed by atoms with Crippen molar-refractivity contribution >= 4 is 6.03 Å². The summed E-state index contributed by atoms with van der Waals surface area (Å²) in [4.78, 5) is 11.0. The number of hydrogen-bond donors (Lipinski definition) is 2. The zero-order valence-corrected chi connectivity index (χ0v) is 7.81. The number of amides is 2. The molecule has 1 saturated heterocycles. The highest BCUT2D eigenvalue weighted by Crippen LogP contribution is 2.24. The van der Waals surface area contributed by atoms with Crippen LogP contribution in [0.15, 0.2) is 0 Å². The summed E-state index contributed by atoms with van der Waals surface area (Å²) in [7, 11) is 1.61. The van der Waals surface area contributed by atoms with E-state index in [-0.39, 0.29) is 17.7 Å². The fourth-order valence-electron chi connectivity index (χ4n) is 1.32. The SMILES string of the molecule is CNC(=O)NC1(C)CCOC1C. The smallest absolute Gasteiger partial charge is 0.315 e. The molecule has 1 aliphatic heterocycles. The second-order valence-corrected chi connectivity index (χ2v) is 3.38. The lowest BCUT2D eigenvalue weighted by Gasteiger charge is -2.28. The number of carbonyl (C=O) groups is 1. The average Bonchev–Trinajstić information content (AvgIpc) is 2.32. The Hall–Kier alpha value is -0.770. The lowest BCUT2D eigenvalue weighted by molar-refractivity contribution is 0.0913. The van der Waals surface area contributed by atoms with Crippen LogP contribution in [0.25, 0.3) is 0 Å². The van der Waals surface area contributed by atoms with E-state index in [2.05, 4.69) is 10.6 Å². The molecule has 70 valence electrons. The van der Waals surface area contributed by atoms with E-state index in [0.717, 1.165) is 13.0 Å². The Morgan fingerprint density at radius 1 is 1.67 bits per heavy atom. The fraction of sp³-hybridized carbons (Fsp3) is 0.875. The van der Waals surface area contributed by atoms with Crippen LogP contribution >= 0.6 is 0 Å². The molecule has 0 aromatic carbocycles. The molecule has 0 saturated carbocycles. The minimum Gasteiger partial charge on any atom is -0.376 e. The largest absolute Gasteiger partial charge is 0.376 e. The van der Waals surface area contributed by atoms with Crippen molar-refractivity contribution in [3.8, 4) is 0 Å². The summed E-state index contributed by atoms with van der Waals surface area (Å²) >= 11 is 0. The molecule has 0 radical (unpaired) electrons. The lowest BCUT2D eigenvalue weighted by Crippen LogP contribution is -2.53. The summed E-state index contributed by atoms with van der Waals surface area (Å²) in [5.41, 5.74) is -0.208. The second-order valence-electron chi connectivity index (χ2n) is 3.38. The van der Waals surface area contributed by atoms with Gasteiger partial charge in [-0.1, -0.05) is 0 Å². The maximum atomic E-state index is 11.0. The quantitative estimate of drug-likeness (QED) is 0.604. The summed E-state index contributed by atoms with van der Waals surface area (Å²) < 4.78 is 5.37. The van der Waals surface area contributed by atoms with Gasteiger partial charge in [-0.3, -0.25) is 0 Å². The van der Waals surface area contributed by atoms with Crippen LogP contribution in [0, 0.1) is 0 Å². The van der Waals surface area contributed by atoms with Gasteiger partial charge in [0, 0.05) is 13.7 Å². The summed E-state index contributed by atoms with van der Waals surface area (Å²) in [6.45, 7) is 4.70. The number of urea groups is 1. The monoisotopic (exact) mass is 172 g/mol. The zero-order valence-electron chi connectivity index (χ0n) is 7.81. The molecule has 1 rings (SSSR count). The Bertz CT molecular complexity index is 184. The van der Waals surface area contributed by atoms with Crippen molar-refractivity contribution in [1.82, 2.24) is 10.6 Å². The Labute approximate surface area is 72.7 Å². The van der Waals surface area contributed by atoms with Crippen LogP contribution in [-0.2, 0) is 4.74 Å². The number of rotatable bonds is 1. The summed E-state index contributed by atoms with van der Waals surface area (Å²) in [6.07, 6.45) is 0.969. The zero-order chi connectivity index (χ0) is 9.19. The number of ether oxygens (including phenoxy) is 1. The predicted octanol–water partition coefficient (Wildman–Crippen LogP) is 0.483. The molecule has 0 aromatic heterocycles. The Kier molecular flexibility index (Phi) is 2.57. The molecular weight excluding hydrogens is 156 g/mol. The van der Waals surface area contributed by atoms with Gasteiger partial charge in [-0.25, -0.2) is 4.79 Å². The molecule has 0 aromatic rings. The third-order valence-corrected chi connectivity index (χ3v) is 2.51. The molecule has 1 fully saturated rings. The lowest BCUT2D eigenvalue weighted by atomic mass is 9.95. The second kappa shape index (κ2) is 3.31. The van der Waals surface area contributed by atoms with Crippen molar-refractivity contribution in [3.05, 3.63) is 0 Å². The van der Waals surface area contributed by atoms with Crippen LogP contribution in [0.5, 0.6) is 0 Å². The minimum absolute atomic E-state index is 0.0924. The molecule has 12 heavy (non-hydrogen) atoms. The summed E-state index contributed by atoms with van der Waals surface area (Å²) in [5.74, 6) is 0. The van der Waals surface area contributed by atoms with Crippen LogP contribution in [-0.4, -0.2) is 31.3 Å². The molecular formula is C8H16N2O2. The maximum Gasteiger partial charge on any atom is 0.315 e. The van der Waals surface area contributed by atoms with E-state index in [9.17, 15) is 4.79 Å². The van der Waals surface area contributed by atoms with E-state index in [1.807, 2.05) is 13.8 Å². The Balaban J connectivity index is 2.53. The van der Waals surface area contributed by atoms with Crippen molar-refractivity contribution in [2.45, 2.75) is 31.9 Å². The standard InChI is InChI=1S/C8H16N2O2/c1-6-8(2,4-5-12-6)10-7(11)9-3/h6H,4-5H2,1-3H3,(H2,9,10,11). The van der Waals surface area contributed by atoms with Gasteiger partial charge in [0.15, 0.2) is 0 Å². The van der Waals surface area contributed by atoms with E-state index in [1.54, 1.807) is 7.05 Å². The average molecular weight is 172 g/mol. The molecule has 2 atom stereocenters. The Morgan fingerprint density at radius 3 is 2.75 bits per heavy atom.